The summed E-state index contributed by atoms with van der Waals surface area (Å²) in [5.41, 5.74) is 6.46. The topological polar surface area (TPSA) is 61.8 Å². The van der Waals surface area contributed by atoms with E-state index in [2.05, 4.69) is 53.7 Å². The Kier molecular flexibility index (Phi) is 11.3. The molecule has 2 aliphatic rings. The number of rotatable bonds is 11. The van der Waals surface area contributed by atoms with E-state index in [-0.39, 0.29) is 23.2 Å². The van der Waals surface area contributed by atoms with Crippen LogP contribution in [0.3, 0.4) is 0 Å². The van der Waals surface area contributed by atoms with Crippen molar-refractivity contribution < 1.29 is 21.9 Å². The van der Waals surface area contributed by atoms with Crippen molar-refractivity contribution in [2.75, 3.05) is 20.5 Å². The van der Waals surface area contributed by atoms with Gasteiger partial charge in [0, 0.05) is 0 Å². The second kappa shape index (κ2) is 14.2. The second-order valence-electron chi connectivity index (χ2n) is 14.0. The third kappa shape index (κ3) is 7.12. The number of ether oxygens (including phenoxy) is 2. The van der Waals surface area contributed by atoms with E-state index in [4.69, 9.17) is 13.4 Å². The Morgan fingerprint density at radius 3 is 1.49 bits per heavy atom. The summed E-state index contributed by atoms with van der Waals surface area (Å²) in [6.07, 6.45) is 12.1. The van der Waals surface area contributed by atoms with Crippen molar-refractivity contribution in [3.8, 4) is 22.6 Å². The van der Waals surface area contributed by atoms with Gasteiger partial charge in [0.2, 0.25) is 0 Å². The predicted molar refractivity (Wildman–Crippen MR) is 185 cm³/mol. The molecule has 2 saturated carbocycles. The first kappa shape index (κ1) is 34.3. The van der Waals surface area contributed by atoms with Crippen LogP contribution in [-0.2, 0) is 14.1 Å². The van der Waals surface area contributed by atoms with Gasteiger partial charge in [-0.3, -0.25) is 0 Å². The summed E-state index contributed by atoms with van der Waals surface area (Å²) in [7, 11) is -3.60. The van der Waals surface area contributed by atoms with Crippen molar-refractivity contribution >= 4 is 22.9 Å². The molecule has 2 aliphatic carbocycles. The van der Waals surface area contributed by atoms with Crippen molar-refractivity contribution in [2.45, 2.75) is 135 Å². The van der Waals surface area contributed by atoms with Crippen LogP contribution in [0.4, 0.5) is 0 Å². The summed E-state index contributed by atoms with van der Waals surface area (Å²) in [6, 6.07) is 8.77. The maximum atomic E-state index is 13.5. The molecule has 0 amide bonds. The molecule has 0 heterocycles. The molecule has 4 rings (SSSR count). The second-order valence-corrected chi connectivity index (χ2v) is 19.8. The summed E-state index contributed by atoms with van der Waals surface area (Å²) in [4.78, 5) is 0. The summed E-state index contributed by atoms with van der Waals surface area (Å²) in [5.74, 6) is 2.43. The molecule has 242 valence electrons. The Morgan fingerprint density at radius 1 is 0.674 bits per heavy atom. The van der Waals surface area contributed by atoms with E-state index < -0.39 is 17.6 Å². The fourth-order valence-corrected chi connectivity index (χ4v) is 16.7. The number of benzene rings is 2. The first-order valence-electron chi connectivity index (χ1n) is 16.7. The van der Waals surface area contributed by atoms with E-state index in [1.807, 2.05) is 12.1 Å². The molecule has 0 spiro atoms. The van der Waals surface area contributed by atoms with Crippen LogP contribution < -0.4 is 14.8 Å². The zero-order chi connectivity index (χ0) is 31.5. The molecule has 0 radical (unpaired) electrons. The van der Waals surface area contributed by atoms with E-state index in [1.54, 1.807) is 14.2 Å². The first-order chi connectivity index (χ1) is 20.4. The first-order valence-corrected chi connectivity index (χ1v) is 20.6. The molecular weight excluding hydrogens is 575 g/mol. The van der Waals surface area contributed by atoms with Crippen LogP contribution in [0.1, 0.15) is 140 Å². The normalized spacial score (nSPS) is 18.0. The quantitative estimate of drug-likeness (QED) is 0.231. The van der Waals surface area contributed by atoms with Crippen LogP contribution in [0.15, 0.2) is 24.3 Å². The molecule has 2 aromatic carbocycles. The van der Waals surface area contributed by atoms with Crippen LogP contribution in [0, 0.1) is 0 Å². The van der Waals surface area contributed by atoms with Gasteiger partial charge < -0.3 is 0 Å². The van der Waals surface area contributed by atoms with Crippen LogP contribution >= 0.6 is 7.49 Å². The van der Waals surface area contributed by atoms with Crippen molar-refractivity contribution in [3.05, 3.63) is 41.0 Å². The average Bonchev–Trinajstić information content (AvgIpc) is 2.98. The van der Waals surface area contributed by atoms with Gasteiger partial charge in [-0.2, -0.15) is 0 Å². The Bertz CT molecular complexity index is 1300. The fourth-order valence-electron chi connectivity index (χ4n) is 8.02. The summed E-state index contributed by atoms with van der Waals surface area (Å²) >= 11 is 0. The molecule has 0 atom stereocenters. The molecule has 0 aliphatic heterocycles. The Hall–Kier alpha value is -1.62. The Balaban J connectivity index is 2.25. The SMILES string of the molecule is COc1ccc(OC)c([PH](OS(C)(=O)=O)(C2CCCCC2)C2CCCCC2)c1-c1c(C(C)C)cc(C(C)C)cc1C(C)C. The number of hydrogen-bond donors (Lipinski definition) is 0. The van der Waals surface area contributed by atoms with Gasteiger partial charge in [-0.05, 0) is 0 Å². The molecule has 0 N–H and O–H groups in total. The standard InChI is InChI=1S/C36H57O5PS/c1-24(2)27-22-30(25(3)4)34(31(23-27)26(5)6)35-32(39-7)20-21-33(40-8)36(35)42(41-43(9,37)38,28-16-12-10-13-17-28)29-18-14-11-15-19-29/h20-26,28-29,42H,10-19H2,1-9H3. The van der Waals surface area contributed by atoms with Gasteiger partial charge in [0.05, 0.1) is 0 Å². The molecule has 5 nitrogen and oxygen atoms in total. The van der Waals surface area contributed by atoms with Crippen LogP contribution in [-0.4, -0.2) is 40.2 Å². The van der Waals surface area contributed by atoms with Crippen molar-refractivity contribution in [3.63, 3.8) is 0 Å². The van der Waals surface area contributed by atoms with E-state index in [0.29, 0.717) is 5.92 Å². The predicted octanol–water partition coefficient (Wildman–Crippen LogP) is 9.67. The van der Waals surface area contributed by atoms with E-state index in [0.717, 1.165) is 73.7 Å². The van der Waals surface area contributed by atoms with E-state index in [1.165, 1.54) is 41.4 Å². The number of methoxy groups -OCH3 is 2. The van der Waals surface area contributed by atoms with Crippen LogP contribution in [0.2, 0.25) is 0 Å². The summed E-state index contributed by atoms with van der Waals surface area (Å²) in [6.45, 7) is 13.6. The minimum absolute atomic E-state index is 0.193. The van der Waals surface area contributed by atoms with Gasteiger partial charge in [0.1, 0.15) is 0 Å². The molecule has 0 bridgehead atoms. The van der Waals surface area contributed by atoms with Gasteiger partial charge in [0.15, 0.2) is 0 Å². The van der Waals surface area contributed by atoms with Gasteiger partial charge in [-0.1, -0.05) is 0 Å². The molecule has 2 fully saturated rings. The Morgan fingerprint density at radius 2 is 1.12 bits per heavy atom. The molecule has 0 saturated heterocycles. The monoisotopic (exact) mass is 632 g/mol. The van der Waals surface area contributed by atoms with Gasteiger partial charge in [-0.15, -0.1) is 0 Å². The molecular formula is C36H57O5PS. The van der Waals surface area contributed by atoms with Gasteiger partial charge >= 0.3 is 264 Å². The third-order valence-corrected chi connectivity index (χ3v) is 17.2. The van der Waals surface area contributed by atoms with Crippen LogP contribution in [0.5, 0.6) is 11.5 Å². The van der Waals surface area contributed by atoms with Crippen molar-refractivity contribution in [1.82, 2.24) is 0 Å². The summed E-state index contributed by atoms with van der Waals surface area (Å²) in [5, 5.41) is 1.01. The van der Waals surface area contributed by atoms with Crippen LogP contribution in [0.25, 0.3) is 11.1 Å². The average molecular weight is 633 g/mol. The Labute approximate surface area is 263 Å². The van der Waals surface area contributed by atoms with Crippen molar-refractivity contribution in [1.29, 1.82) is 0 Å². The molecule has 2 aromatic rings. The molecule has 43 heavy (non-hydrogen) atoms. The van der Waals surface area contributed by atoms with Gasteiger partial charge in [0.25, 0.3) is 0 Å². The third-order valence-electron chi connectivity index (χ3n) is 10.1. The molecule has 0 aromatic heterocycles. The summed E-state index contributed by atoms with van der Waals surface area (Å²) < 4.78 is 46.4. The zero-order valence-electron chi connectivity index (χ0n) is 28.2. The molecule has 0 unspecified atom stereocenters. The maximum absolute atomic E-state index is 13.5. The van der Waals surface area contributed by atoms with Crippen molar-refractivity contribution in [2.24, 2.45) is 0 Å². The number of hydrogen-bond acceptors (Lipinski definition) is 5. The fraction of sp³-hybridized carbons (Fsp3) is 0.667. The zero-order valence-corrected chi connectivity index (χ0v) is 30.0. The minimum atomic E-state index is -3.78. The molecule has 7 heteroatoms. The van der Waals surface area contributed by atoms with E-state index >= 15 is 0 Å². The van der Waals surface area contributed by atoms with E-state index in [9.17, 15) is 8.42 Å². The van der Waals surface area contributed by atoms with Gasteiger partial charge in [-0.25, -0.2) is 0 Å².